The number of aromatic nitrogens is 3. The summed E-state index contributed by atoms with van der Waals surface area (Å²) in [5.41, 5.74) is 3.35. The lowest BCUT2D eigenvalue weighted by molar-refractivity contribution is 0.149. The Balaban J connectivity index is 1.73. The van der Waals surface area contributed by atoms with Gasteiger partial charge in [0, 0.05) is 45.4 Å². The number of hydrogen-bond acceptors (Lipinski definition) is 4. The Morgan fingerprint density at radius 2 is 1.88 bits per heavy atom. The van der Waals surface area contributed by atoms with Gasteiger partial charge in [-0.3, -0.25) is 4.79 Å². The van der Waals surface area contributed by atoms with Crippen molar-refractivity contribution in [2.24, 2.45) is 0 Å². The summed E-state index contributed by atoms with van der Waals surface area (Å²) < 4.78 is 30.6. The van der Waals surface area contributed by atoms with Crippen molar-refractivity contribution in [1.29, 1.82) is 0 Å². The normalized spacial score (nSPS) is 12.5. The molecule has 172 valence electrons. The van der Waals surface area contributed by atoms with Gasteiger partial charge in [0.25, 0.3) is 12.0 Å². The molecule has 8 heteroatoms. The second kappa shape index (κ2) is 9.41. The number of rotatable bonds is 7. The van der Waals surface area contributed by atoms with E-state index in [0.29, 0.717) is 0 Å². The van der Waals surface area contributed by atoms with E-state index in [9.17, 15) is 18.7 Å². The van der Waals surface area contributed by atoms with Gasteiger partial charge in [-0.25, -0.2) is 13.8 Å². The smallest absolute Gasteiger partial charge is 0.265 e. The molecule has 0 radical (unpaired) electrons. The molecule has 0 aliphatic carbocycles. The van der Waals surface area contributed by atoms with Crippen LogP contribution in [0.1, 0.15) is 50.2 Å². The lowest BCUT2D eigenvalue weighted by Gasteiger charge is -2.19. The Hall–Kier alpha value is -3.10. The summed E-state index contributed by atoms with van der Waals surface area (Å²) in [5, 5.41) is 10.0. The molecule has 0 fully saturated rings. The van der Waals surface area contributed by atoms with Gasteiger partial charge in [0.15, 0.2) is 0 Å². The van der Waals surface area contributed by atoms with E-state index in [2.05, 4.69) is 4.98 Å². The van der Waals surface area contributed by atoms with Crippen molar-refractivity contribution in [3.63, 3.8) is 0 Å². The highest BCUT2D eigenvalue weighted by atomic mass is 32.1. The fourth-order valence-electron chi connectivity index (χ4n) is 4.00. The van der Waals surface area contributed by atoms with Gasteiger partial charge in [-0.05, 0) is 56.2 Å². The van der Waals surface area contributed by atoms with Gasteiger partial charge in [0.2, 0.25) is 0 Å². The van der Waals surface area contributed by atoms with Gasteiger partial charge in [-0.1, -0.05) is 12.1 Å². The zero-order valence-electron chi connectivity index (χ0n) is 18.6. The molecule has 0 aliphatic heterocycles. The first-order chi connectivity index (χ1) is 15.8. The molecule has 0 saturated carbocycles. The largest absolute Gasteiger partial charge is 0.394 e. The van der Waals surface area contributed by atoms with Crippen LogP contribution in [0.15, 0.2) is 59.9 Å². The van der Waals surface area contributed by atoms with E-state index in [4.69, 9.17) is 0 Å². The lowest BCUT2D eigenvalue weighted by atomic mass is 10.0. The van der Waals surface area contributed by atoms with Gasteiger partial charge in [-0.15, -0.1) is 11.3 Å². The minimum Gasteiger partial charge on any atom is -0.394 e. The van der Waals surface area contributed by atoms with E-state index in [-0.39, 0.29) is 29.7 Å². The van der Waals surface area contributed by atoms with Crippen LogP contribution in [-0.2, 0) is 6.42 Å². The first kappa shape index (κ1) is 23.1. The van der Waals surface area contributed by atoms with Crippen molar-refractivity contribution < 1.29 is 13.9 Å². The third-order valence-electron chi connectivity index (χ3n) is 5.63. The highest BCUT2D eigenvalue weighted by Gasteiger charge is 2.21. The Kier molecular flexibility index (Phi) is 6.58. The van der Waals surface area contributed by atoms with Crippen LogP contribution in [0.2, 0.25) is 0 Å². The van der Waals surface area contributed by atoms with Crippen LogP contribution in [0.25, 0.3) is 5.69 Å². The van der Waals surface area contributed by atoms with E-state index in [1.165, 1.54) is 28.2 Å². The Labute approximate surface area is 194 Å². The third-order valence-corrected chi connectivity index (χ3v) is 6.74. The number of benzene rings is 1. The number of aliphatic hydroxyl groups is 1. The van der Waals surface area contributed by atoms with Crippen molar-refractivity contribution >= 4 is 11.3 Å². The van der Waals surface area contributed by atoms with Crippen LogP contribution in [-0.4, -0.2) is 25.8 Å². The summed E-state index contributed by atoms with van der Waals surface area (Å²) >= 11 is 1.44. The zero-order chi connectivity index (χ0) is 23.7. The molecule has 4 aromatic rings. The van der Waals surface area contributed by atoms with Crippen molar-refractivity contribution in [2.75, 3.05) is 6.61 Å². The van der Waals surface area contributed by atoms with Crippen LogP contribution in [0.3, 0.4) is 0 Å². The second-order valence-corrected chi connectivity index (χ2v) is 9.50. The molecule has 0 bridgehead atoms. The maximum Gasteiger partial charge on any atom is 0.265 e. The van der Waals surface area contributed by atoms with E-state index < -0.39 is 12.5 Å². The summed E-state index contributed by atoms with van der Waals surface area (Å²) in [4.78, 5) is 19.3. The molecule has 1 aromatic carbocycles. The molecule has 0 amide bonds. The van der Waals surface area contributed by atoms with Gasteiger partial charge < -0.3 is 14.2 Å². The molecule has 4 rings (SSSR count). The van der Waals surface area contributed by atoms with E-state index in [1.807, 2.05) is 61.9 Å². The average molecular weight is 470 g/mol. The molecule has 5 nitrogen and oxygen atoms in total. The van der Waals surface area contributed by atoms with Crippen molar-refractivity contribution in [1.82, 2.24) is 14.1 Å². The average Bonchev–Trinajstić information content (AvgIpc) is 3.39. The molecule has 1 N–H and O–H groups in total. The Morgan fingerprint density at radius 3 is 2.45 bits per heavy atom. The number of aliphatic hydroxyl groups excluding tert-OH is 1. The van der Waals surface area contributed by atoms with E-state index in [0.717, 1.165) is 32.3 Å². The van der Waals surface area contributed by atoms with Crippen LogP contribution in [0.5, 0.6) is 0 Å². The highest BCUT2D eigenvalue weighted by Crippen LogP contribution is 2.27. The molecular formula is C25H25F2N3O2S. The maximum absolute atomic E-state index is 13.7. The molecule has 3 aromatic heterocycles. The molecule has 33 heavy (non-hydrogen) atoms. The Morgan fingerprint density at radius 1 is 1.09 bits per heavy atom. The fraction of sp³-hybridized carbons (Fsp3) is 0.280. The predicted molar refractivity (Wildman–Crippen MR) is 126 cm³/mol. The number of aryl methyl sites for hydroxylation is 3. The van der Waals surface area contributed by atoms with Gasteiger partial charge >= 0.3 is 0 Å². The number of pyridine rings is 1. The van der Waals surface area contributed by atoms with Crippen LogP contribution in [0.4, 0.5) is 8.78 Å². The number of thiophene rings is 1. The third kappa shape index (κ3) is 4.82. The van der Waals surface area contributed by atoms with Crippen LogP contribution < -0.4 is 5.56 Å². The first-order valence-corrected chi connectivity index (χ1v) is 11.4. The summed E-state index contributed by atoms with van der Waals surface area (Å²) in [6, 6.07) is 10.1. The summed E-state index contributed by atoms with van der Waals surface area (Å²) in [6.45, 7) is 5.44. The fourth-order valence-corrected chi connectivity index (χ4v) is 4.97. The molecule has 0 saturated heterocycles. The number of alkyl halides is 2. The molecular weight excluding hydrogens is 444 g/mol. The van der Waals surface area contributed by atoms with Crippen molar-refractivity contribution in [3.8, 4) is 5.69 Å². The lowest BCUT2D eigenvalue weighted by Crippen LogP contribution is -2.30. The summed E-state index contributed by atoms with van der Waals surface area (Å²) in [5.74, 6) is 0. The molecule has 0 unspecified atom stereocenters. The minimum atomic E-state index is -2.73. The number of hydrogen-bond donors (Lipinski definition) is 1. The molecule has 0 aliphatic rings. The van der Waals surface area contributed by atoms with Crippen LogP contribution in [0, 0.1) is 20.8 Å². The van der Waals surface area contributed by atoms with Crippen LogP contribution >= 0.6 is 11.3 Å². The topological polar surface area (TPSA) is 60.0 Å². The summed E-state index contributed by atoms with van der Waals surface area (Å²) in [7, 11) is 0. The molecule has 0 spiro atoms. The van der Waals surface area contributed by atoms with Gasteiger partial charge in [0.1, 0.15) is 0 Å². The van der Waals surface area contributed by atoms with Crippen molar-refractivity contribution in [2.45, 2.75) is 39.7 Å². The first-order valence-electron chi connectivity index (χ1n) is 10.6. The van der Waals surface area contributed by atoms with Crippen molar-refractivity contribution in [3.05, 3.63) is 103 Å². The number of imidazole rings is 1. The highest BCUT2D eigenvalue weighted by molar-refractivity contribution is 7.12. The quantitative estimate of drug-likeness (QED) is 0.408. The SMILES string of the molecule is Cc1cn(-c2ccc(Cc3cc(C(F)F)cn([C@@H](CO)c4ccc(C)s4)c3=O)cc2C)cn1. The number of nitrogens with zero attached hydrogens (tertiary/aromatic N) is 3. The van der Waals surface area contributed by atoms with E-state index in [1.54, 1.807) is 6.33 Å². The maximum atomic E-state index is 13.7. The van der Waals surface area contributed by atoms with Gasteiger partial charge in [0.05, 0.1) is 24.7 Å². The number of halogens is 2. The minimum absolute atomic E-state index is 0.213. The molecule has 1 atom stereocenters. The van der Waals surface area contributed by atoms with E-state index >= 15 is 0 Å². The second-order valence-electron chi connectivity index (χ2n) is 8.18. The predicted octanol–water partition coefficient (Wildman–Crippen LogP) is 5.13. The standard InChI is InChI=1S/C25H25F2N3O2S/c1-15-8-18(5-6-21(15)29-11-16(2)28-14-29)9-19-10-20(24(26)27)12-30(25(19)32)22(13-31)23-7-4-17(3)33-23/h4-8,10-12,14,22,24,31H,9,13H2,1-3H3/t22-/m0/s1. The Bertz CT molecular complexity index is 1340. The van der Waals surface area contributed by atoms with Gasteiger partial charge in [-0.2, -0.15) is 0 Å². The molecule has 3 heterocycles. The zero-order valence-corrected chi connectivity index (χ0v) is 19.4. The monoisotopic (exact) mass is 469 g/mol. The summed E-state index contributed by atoms with van der Waals surface area (Å²) in [6.07, 6.45) is 2.32.